The average molecular weight is 372 g/mol. The van der Waals surface area contributed by atoms with Crippen molar-refractivity contribution in [3.05, 3.63) is 53.5 Å². The van der Waals surface area contributed by atoms with Crippen LogP contribution >= 0.6 is 24.8 Å². The van der Waals surface area contributed by atoms with Crippen LogP contribution in [0.2, 0.25) is 0 Å². The van der Waals surface area contributed by atoms with Crippen molar-refractivity contribution >= 4 is 36.4 Å². The molecule has 1 atom stereocenters. The van der Waals surface area contributed by atoms with Gasteiger partial charge in [-0.15, -0.1) is 24.8 Å². The van der Waals surface area contributed by atoms with Gasteiger partial charge in [-0.1, -0.05) is 18.2 Å². The first-order valence-corrected chi connectivity index (χ1v) is 7.49. The smallest absolute Gasteiger partial charge is 0.290 e. The summed E-state index contributed by atoms with van der Waals surface area (Å²) in [7, 11) is 2.06. The number of amides is 1. The summed E-state index contributed by atoms with van der Waals surface area (Å²) in [6.07, 6.45) is 0. The van der Waals surface area contributed by atoms with Crippen molar-refractivity contribution in [2.45, 2.75) is 26.1 Å². The van der Waals surface area contributed by atoms with E-state index >= 15 is 0 Å². The zero-order valence-electron chi connectivity index (χ0n) is 13.8. The Morgan fingerprint density at radius 3 is 2.62 bits per heavy atom. The highest BCUT2D eigenvalue weighted by molar-refractivity contribution is 5.92. The molecule has 5 nitrogen and oxygen atoms in total. The highest BCUT2D eigenvalue weighted by atomic mass is 35.5. The first-order valence-electron chi connectivity index (χ1n) is 7.49. The molecule has 1 aliphatic heterocycles. The van der Waals surface area contributed by atoms with E-state index in [0.29, 0.717) is 24.6 Å². The van der Waals surface area contributed by atoms with Crippen LogP contribution < -0.4 is 10.6 Å². The minimum atomic E-state index is -0.0858. The molecule has 7 heteroatoms. The van der Waals surface area contributed by atoms with Gasteiger partial charge in [0.1, 0.15) is 5.76 Å². The van der Waals surface area contributed by atoms with Gasteiger partial charge in [-0.2, -0.15) is 0 Å². The van der Waals surface area contributed by atoms with Crippen molar-refractivity contribution in [1.29, 1.82) is 0 Å². The number of likely N-dealkylation sites (N-methyl/N-ethyl adjacent to an activating group) is 1. The molecule has 2 heterocycles. The van der Waals surface area contributed by atoms with Crippen LogP contribution in [0.25, 0.3) is 0 Å². The zero-order chi connectivity index (χ0) is 15.7. The fourth-order valence-corrected chi connectivity index (χ4v) is 2.97. The van der Waals surface area contributed by atoms with Crippen molar-refractivity contribution < 1.29 is 9.21 Å². The summed E-state index contributed by atoms with van der Waals surface area (Å²) in [4.78, 5) is 16.8. The lowest BCUT2D eigenvalue weighted by Gasteiger charge is -2.27. The minimum Gasteiger partial charge on any atom is -0.455 e. The van der Waals surface area contributed by atoms with E-state index in [2.05, 4.69) is 31.0 Å². The fourth-order valence-electron chi connectivity index (χ4n) is 2.97. The molecule has 0 saturated heterocycles. The number of carbonyl (C=O) groups is 1. The number of furan rings is 1. The van der Waals surface area contributed by atoms with Gasteiger partial charge >= 0.3 is 0 Å². The highest BCUT2D eigenvalue weighted by Gasteiger charge is 2.29. The number of benzene rings is 1. The van der Waals surface area contributed by atoms with Gasteiger partial charge < -0.3 is 20.0 Å². The first kappa shape index (κ1) is 20.4. The van der Waals surface area contributed by atoms with Crippen LogP contribution in [0, 0.1) is 0 Å². The van der Waals surface area contributed by atoms with E-state index < -0.39 is 0 Å². The average Bonchev–Trinajstić information content (AvgIpc) is 2.96. The Bertz CT molecular complexity index is 690. The topological polar surface area (TPSA) is 62.7 Å². The van der Waals surface area contributed by atoms with Crippen LogP contribution in [0.15, 0.2) is 40.8 Å². The van der Waals surface area contributed by atoms with Crippen molar-refractivity contribution in [2.24, 2.45) is 5.73 Å². The molecule has 1 aromatic heterocycles. The van der Waals surface area contributed by atoms with Gasteiger partial charge in [-0.05, 0) is 30.7 Å². The molecular weight excluding hydrogens is 349 g/mol. The maximum atomic E-state index is 12.8. The van der Waals surface area contributed by atoms with Crippen LogP contribution in [0.3, 0.4) is 0 Å². The molecule has 0 bridgehead atoms. The molecule has 0 radical (unpaired) electrons. The molecule has 1 aliphatic rings. The molecular formula is C17H23Cl2N3O2. The molecule has 1 unspecified atom stereocenters. The van der Waals surface area contributed by atoms with Gasteiger partial charge in [0.2, 0.25) is 0 Å². The first-order chi connectivity index (χ1) is 10.6. The van der Waals surface area contributed by atoms with E-state index in [1.165, 1.54) is 5.69 Å². The predicted molar refractivity (Wildman–Crippen MR) is 100 cm³/mol. The molecule has 0 saturated carbocycles. The van der Waals surface area contributed by atoms with Gasteiger partial charge in [-0.3, -0.25) is 4.79 Å². The van der Waals surface area contributed by atoms with Crippen molar-refractivity contribution in [1.82, 2.24) is 4.90 Å². The number of nitrogens with zero attached hydrogens (tertiary/aromatic N) is 2. The van der Waals surface area contributed by atoms with Crippen LogP contribution in [-0.4, -0.2) is 30.4 Å². The molecule has 0 spiro atoms. The van der Waals surface area contributed by atoms with Gasteiger partial charge in [0.15, 0.2) is 5.76 Å². The second-order valence-electron chi connectivity index (χ2n) is 5.76. The third kappa shape index (κ3) is 3.86. The number of rotatable bonds is 2. The summed E-state index contributed by atoms with van der Waals surface area (Å²) in [6, 6.07) is 11.7. The summed E-state index contributed by atoms with van der Waals surface area (Å²) in [5, 5.41) is 0. The Morgan fingerprint density at radius 1 is 1.25 bits per heavy atom. The zero-order valence-corrected chi connectivity index (χ0v) is 15.4. The van der Waals surface area contributed by atoms with Gasteiger partial charge in [0, 0.05) is 31.9 Å². The van der Waals surface area contributed by atoms with Crippen molar-refractivity contribution in [2.75, 3.05) is 18.5 Å². The van der Waals surface area contributed by atoms with Crippen LogP contribution in [0.4, 0.5) is 5.69 Å². The molecule has 1 aromatic carbocycles. The summed E-state index contributed by atoms with van der Waals surface area (Å²) < 4.78 is 5.52. The van der Waals surface area contributed by atoms with E-state index in [-0.39, 0.29) is 36.8 Å². The summed E-state index contributed by atoms with van der Waals surface area (Å²) in [5.41, 5.74) is 7.87. The van der Waals surface area contributed by atoms with Gasteiger partial charge in [0.05, 0.1) is 6.54 Å². The summed E-state index contributed by atoms with van der Waals surface area (Å²) in [6.45, 7) is 3.73. The number of para-hydroxylation sites is 1. The lowest BCUT2D eigenvalue weighted by atomic mass is 10.1. The Balaban J connectivity index is 0.00000144. The number of nitrogens with two attached hydrogens (primary N) is 1. The summed E-state index contributed by atoms with van der Waals surface area (Å²) in [5.74, 6) is 0.898. The Hall–Kier alpha value is -1.69. The van der Waals surface area contributed by atoms with Crippen LogP contribution in [-0.2, 0) is 13.1 Å². The lowest BCUT2D eigenvalue weighted by molar-refractivity contribution is 0.0652. The quantitative estimate of drug-likeness (QED) is 0.880. The third-order valence-corrected chi connectivity index (χ3v) is 4.15. The molecule has 2 aromatic rings. The van der Waals surface area contributed by atoms with Gasteiger partial charge in [-0.25, -0.2) is 0 Å². The van der Waals surface area contributed by atoms with Crippen LogP contribution in [0.5, 0.6) is 0 Å². The van der Waals surface area contributed by atoms with E-state index in [1.54, 1.807) is 12.1 Å². The van der Waals surface area contributed by atoms with E-state index in [4.69, 9.17) is 10.2 Å². The Labute approximate surface area is 154 Å². The number of hydrogen-bond donors (Lipinski definition) is 1. The third-order valence-electron chi connectivity index (χ3n) is 4.15. The number of halogens is 2. The summed E-state index contributed by atoms with van der Waals surface area (Å²) >= 11 is 0. The maximum Gasteiger partial charge on any atom is 0.290 e. The number of anilines is 1. The maximum absolute atomic E-state index is 12.8. The number of hydrogen-bond acceptors (Lipinski definition) is 4. The molecule has 1 amide bonds. The van der Waals surface area contributed by atoms with Gasteiger partial charge in [0.25, 0.3) is 5.91 Å². The molecule has 0 aliphatic carbocycles. The Morgan fingerprint density at radius 2 is 1.96 bits per heavy atom. The fraction of sp³-hybridized carbons (Fsp3) is 0.353. The van der Waals surface area contributed by atoms with Crippen LogP contribution in [0.1, 0.15) is 28.8 Å². The number of carbonyl (C=O) groups excluding carboxylic acids is 1. The van der Waals surface area contributed by atoms with Crippen molar-refractivity contribution in [3.63, 3.8) is 0 Å². The largest absolute Gasteiger partial charge is 0.455 e. The lowest BCUT2D eigenvalue weighted by Crippen LogP contribution is -2.41. The van der Waals surface area contributed by atoms with E-state index in [0.717, 1.165) is 12.1 Å². The second-order valence-corrected chi connectivity index (χ2v) is 5.76. The molecule has 24 heavy (non-hydrogen) atoms. The monoisotopic (exact) mass is 371 g/mol. The SMILES string of the molecule is CC1CN(C)c2ccccc2CN1C(=O)c1ccc(CN)o1.Cl.Cl. The minimum absolute atomic E-state index is 0. The normalized spacial score (nSPS) is 16.5. The molecule has 2 N–H and O–H groups in total. The predicted octanol–water partition coefficient (Wildman–Crippen LogP) is 3.06. The Kier molecular flexibility index (Phi) is 7.14. The van der Waals surface area contributed by atoms with E-state index in [9.17, 15) is 4.79 Å². The standard InChI is InChI=1S/C17H21N3O2.2ClH/c1-12-10-19(2)15-6-4-3-5-13(15)11-20(12)17(21)16-8-7-14(9-18)22-16;;/h3-8,12H,9-11,18H2,1-2H3;2*1H. The second kappa shape index (κ2) is 8.42. The van der Waals surface area contributed by atoms with Crippen molar-refractivity contribution in [3.8, 4) is 0 Å². The molecule has 0 fully saturated rings. The highest BCUT2D eigenvalue weighted by Crippen LogP contribution is 2.27. The van der Waals surface area contributed by atoms with E-state index in [1.807, 2.05) is 17.0 Å². The number of fused-ring (bicyclic) bond motifs is 1. The molecule has 132 valence electrons. The molecule has 3 rings (SSSR count).